The summed E-state index contributed by atoms with van der Waals surface area (Å²) in [7, 11) is 4.51. The van der Waals surface area contributed by atoms with Gasteiger partial charge >= 0.3 is 5.63 Å². The fourth-order valence-electron chi connectivity index (χ4n) is 6.04. The molecule has 224 valence electrons. The van der Waals surface area contributed by atoms with Crippen LogP contribution in [0.2, 0.25) is 0 Å². The van der Waals surface area contributed by atoms with Crippen molar-refractivity contribution in [3.8, 4) is 34.4 Å². The number of allylic oxidation sites excluding steroid dienone is 3. The van der Waals surface area contributed by atoms with E-state index in [2.05, 4.69) is 6.07 Å². The lowest BCUT2D eigenvalue weighted by Crippen LogP contribution is -2.33. The van der Waals surface area contributed by atoms with E-state index in [1.807, 2.05) is 46.8 Å². The molecule has 9 nitrogen and oxygen atoms in total. The first-order valence-electron chi connectivity index (χ1n) is 14.0. The molecule has 1 aliphatic heterocycles. The number of nitrogens with zero attached hydrogens (tertiary/aromatic N) is 1. The van der Waals surface area contributed by atoms with Crippen LogP contribution in [0.4, 0.5) is 0 Å². The first-order chi connectivity index (χ1) is 20.2. The molecule has 3 aromatic rings. The van der Waals surface area contributed by atoms with Crippen LogP contribution in [0.25, 0.3) is 22.1 Å². The van der Waals surface area contributed by atoms with Crippen molar-refractivity contribution in [2.45, 2.75) is 58.8 Å². The Morgan fingerprint density at radius 1 is 0.977 bits per heavy atom. The molecule has 2 aliphatic rings. The van der Waals surface area contributed by atoms with Gasteiger partial charge in [-0.05, 0) is 46.2 Å². The molecule has 1 unspecified atom stereocenters. The minimum atomic E-state index is -0.723. The Kier molecular flexibility index (Phi) is 7.29. The smallest absolute Gasteiger partial charge is 0.344 e. The minimum absolute atomic E-state index is 0.00754. The van der Waals surface area contributed by atoms with Crippen LogP contribution in [0, 0.1) is 16.7 Å². The van der Waals surface area contributed by atoms with Gasteiger partial charge in [0.2, 0.25) is 11.6 Å². The van der Waals surface area contributed by atoms with Crippen LogP contribution in [0.5, 0.6) is 17.2 Å². The van der Waals surface area contributed by atoms with E-state index in [1.165, 1.54) is 21.3 Å². The van der Waals surface area contributed by atoms with Crippen LogP contribution in [0.15, 0.2) is 62.3 Å². The average molecular weight is 585 g/mol. The van der Waals surface area contributed by atoms with Crippen molar-refractivity contribution >= 4 is 16.8 Å². The standard InChI is InChI=1S/C34H36N2O7/c1-33(2,3)22-11-18(27-21(16-35)31(36)42-26-15-34(4,5)14-23(37)28(26)27)9-19-10-20(32(38)43-29(19)22)17-12-24(39-6)30(41-8)25(13-17)40-7/h9-13,27H,14-15,36H2,1-8H3. The first-order valence-corrected chi connectivity index (χ1v) is 14.0. The second-order valence-corrected chi connectivity index (χ2v) is 12.8. The zero-order chi connectivity index (χ0) is 31.4. The quantitative estimate of drug-likeness (QED) is 0.346. The molecule has 0 fully saturated rings. The third kappa shape index (κ3) is 5.11. The van der Waals surface area contributed by atoms with Crippen LogP contribution in [-0.4, -0.2) is 27.1 Å². The number of benzene rings is 2. The number of hydrogen-bond donors (Lipinski definition) is 1. The van der Waals surface area contributed by atoms with Crippen LogP contribution in [0.3, 0.4) is 0 Å². The van der Waals surface area contributed by atoms with Crippen LogP contribution in [0.1, 0.15) is 64.5 Å². The van der Waals surface area contributed by atoms with E-state index in [4.69, 9.17) is 29.1 Å². The molecule has 43 heavy (non-hydrogen) atoms. The number of rotatable bonds is 5. The van der Waals surface area contributed by atoms with Crippen molar-refractivity contribution in [3.05, 3.63) is 74.7 Å². The number of ketones is 1. The van der Waals surface area contributed by atoms with Gasteiger partial charge in [-0.2, -0.15) is 5.26 Å². The maximum atomic E-state index is 13.6. The number of Topliss-reactive ketones (excluding diaryl/α,β-unsaturated/α-hetero) is 1. The topological polar surface area (TPSA) is 134 Å². The summed E-state index contributed by atoms with van der Waals surface area (Å²) in [6.45, 7) is 10.0. The van der Waals surface area contributed by atoms with Gasteiger partial charge in [0, 0.05) is 29.4 Å². The van der Waals surface area contributed by atoms with E-state index < -0.39 is 17.0 Å². The van der Waals surface area contributed by atoms with Crippen molar-refractivity contribution < 1.29 is 28.2 Å². The Labute approximate surface area is 250 Å². The van der Waals surface area contributed by atoms with Crippen molar-refractivity contribution in [1.82, 2.24) is 0 Å². The van der Waals surface area contributed by atoms with Gasteiger partial charge in [-0.3, -0.25) is 4.79 Å². The molecule has 1 aromatic heterocycles. The molecule has 0 saturated carbocycles. The molecule has 0 radical (unpaired) electrons. The zero-order valence-electron chi connectivity index (χ0n) is 25.8. The van der Waals surface area contributed by atoms with Gasteiger partial charge in [-0.1, -0.05) is 40.7 Å². The minimum Gasteiger partial charge on any atom is -0.493 e. The summed E-state index contributed by atoms with van der Waals surface area (Å²) < 4.78 is 28.4. The van der Waals surface area contributed by atoms with Gasteiger partial charge in [0.15, 0.2) is 17.3 Å². The molecule has 2 aromatic carbocycles. The largest absolute Gasteiger partial charge is 0.493 e. The van der Waals surface area contributed by atoms with Crippen molar-refractivity contribution in [2.24, 2.45) is 11.1 Å². The fourth-order valence-corrected chi connectivity index (χ4v) is 6.04. The molecular weight excluding hydrogens is 548 g/mol. The number of methoxy groups -OCH3 is 3. The molecular formula is C34H36N2O7. The van der Waals surface area contributed by atoms with Gasteiger partial charge in [-0.25, -0.2) is 4.79 Å². The number of carbonyl (C=O) groups is 1. The van der Waals surface area contributed by atoms with Crippen LogP contribution in [-0.2, 0) is 14.9 Å². The summed E-state index contributed by atoms with van der Waals surface area (Å²) in [6.07, 6.45) is 0.841. The van der Waals surface area contributed by atoms with Crippen molar-refractivity contribution in [1.29, 1.82) is 5.26 Å². The normalized spacial score (nSPS) is 18.2. The third-order valence-corrected chi connectivity index (χ3v) is 8.05. The van der Waals surface area contributed by atoms with E-state index >= 15 is 0 Å². The predicted molar refractivity (Wildman–Crippen MR) is 162 cm³/mol. The molecule has 1 aliphatic carbocycles. The second kappa shape index (κ2) is 10.5. The molecule has 5 rings (SSSR count). The number of fused-ring (bicyclic) bond motifs is 1. The van der Waals surface area contributed by atoms with E-state index in [0.29, 0.717) is 63.5 Å². The molecule has 0 amide bonds. The first kappa shape index (κ1) is 29.8. The molecule has 2 N–H and O–H groups in total. The summed E-state index contributed by atoms with van der Waals surface area (Å²) in [5.41, 5.74) is 8.26. The van der Waals surface area contributed by atoms with E-state index in [0.717, 1.165) is 5.56 Å². The van der Waals surface area contributed by atoms with E-state index in [-0.39, 0.29) is 28.2 Å². The third-order valence-electron chi connectivity index (χ3n) is 8.05. The Hall–Kier alpha value is -4.71. The average Bonchev–Trinajstić information content (AvgIpc) is 2.93. The highest BCUT2D eigenvalue weighted by Gasteiger charge is 2.43. The molecule has 9 heteroatoms. The van der Waals surface area contributed by atoms with Gasteiger partial charge in [0.25, 0.3) is 0 Å². The molecule has 0 bridgehead atoms. The molecule has 0 saturated heterocycles. The molecule has 2 heterocycles. The molecule has 0 spiro atoms. The summed E-state index contributed by atoms with van der Waals surface area (Å²) >= 11 is 0. The van der Waals surface area contributed by atoms with Crippen molar-refractivity contribution in [2.75, 3.05) is 21.3 Å². The number of nitriles is 1. The van der Waals surface area contributed by atoms with Crippen molar-refractivity contribution in [3.63, 3.8) is 0 Å². The van der Waals surface area contributed by atoms with Crippen LogP contribution >= 0.6 is 0 Å². The van der Waals surface area contributed by atoms with Gasteiger partial charge in [-0.15, -0.1) is 0 Å². The summed E-state index contributed by atoms with van der Waals surface area (Å²) in [4.78, 5) is 27.1. The van der Waals surface area contributed by atoms with Gasteiger partial charge < -0.3 is 29.1 Å². The Bertz CT molecular complexity index is 1810. The molecule has 1 atom stereocenters. The Morgan fingerprint density at radius 2 is 1.63 bits per heavy atom. The van der Waals surface area contributed by atoms with Gasteiger partial charge in [0.1, 0.15) is 23.0 Å². The number of carbonyl (C=O) groups excluding carboxylic acids is 1. The SMILES string of the molecule is COc1cc(-c2cc3cc(C4C(C#N)=C(N)OC5=C4C(=O)CC(C)(C)C5)cc(C(C)(C)C)c3oc2=O)cc(OC)c1OC. The lowest BCUT2D eigenvalue weighted by molar-refractivity contribution is -0.119. The zero-order valence-corrected chi connectivity index (χ0v) is 25.8. The highest BCUT2D eigenvalue weighted by atomic mass is 16.5. The van der Waals surface area contributed by atoms with Crippen LogP contribution < -0.4 is 25.6 Å². The predicted octanol–water partition coefficient (Wildman–Crippen LogP) is 6.23. The number of ether oxygens (including phenoxy) is 4. The number of nitrogens with two attached hydrogens (primary N) is 1. The highest BCUT2D eigenvalue weighted by Crippen LogP contribution is 2.49. The van der Waals surface area contributed by atoms with Gasteiger partial charge in [0.05, 0.1) is 32.8 Å². The summed E-state index contributed by atoms with van der Waals surface area (Å²) in [5, 5.41) is 10.8. The second-order valence-electron chi connectivity index (χ2n) is 12.8. The Morgan fingerprint density at radius 3 is 2.19 bits per heavy atom. The fraction of sp³-hybridized carbons (Fsp3) is 0.382. The Balaban J connectivity index is 1.81. The summed E-state index contributed by atoms with van der Waals surface area (Å²) in [5.74, 6) is 0.865. The monoisotopic (exact) mass is 584 g/mol. The maximum absolute atomic E-state index is 13.6. The maximum Gasteiger partial charge on any atom is 0.344 e. The van der Waals surface area contributed by atoms with E-state index in [1.54, 1.807) is 18.2 Å². The summed E-state index contributed by atoms with van der Waals surface area (Å²) in [6, 6.07) is 11.1. The lowest BCUT2D eigenvalue weighted by Gasteiger charge is -2.37. The highest BCUT2D eigenvalue weighted by molar-refractivity contribution is 6.00. The number of hydrogen-bond acceptors (Lipinski definition) is 9. The van der Waals surface area contributed by atoms with E-state index in [9.17, 15) is 14.9 Å². The lowest BCUT2D eigenvalue weighted by atomic mass is 9.69.